The van der Waals surface area contributed by atoms with Crippen LogP contribution in [0.5, 0.6) is 0 Å². The van der Waals surface area contributed by atoms with Crippen LogP contribution in [0.15, 0.2) is 5.38 Å². The van der Waals surface area contributed by atoms with Crippen molar-refractivity contribution in [1.29, 1.82) is 0 Å². The summed E-state index contributed by atoms with van der Waals surface area (Å²) in [6.45, 7) is 4.79. The first kappa shape index (κ1) is 21.9. The van der Waals surface area contributed by atoms with E-state index in [0.717, 1.165) is 31.1 Å². The van der Waals surface area contributed by atoms with E-state index in [-0.39, 0.29) is 11.4 Å². The molecule has 1 aromatic heterocycles. The van der Waals surface area contributed by atoms with Crippen LogP contribution in [0, 0.1) is 0 Å². The van der Waals surface area contributed by atoms with Gasteiger partial charge in [-0.15, -0.1) is 11.3 Å². The number of nitrogens with zero attached hydrogens (tertiary/aromatic N) is 3. The molecule has 29 heavy (non-hydrogen) atoms. The second-order valence-electron chi connectivity index (χ2n) is 7.00. The molecular weight excluding hydrogens is 418 g/mol. The summed E-state index contributed by atoms with van der Waals surface area (Å²) in [5, 5.41) is 2.36. The minimum Gasteiger partial charge on any atom is -0.378 e. The average molecular weight is 446 g/mol. The molecule has 162 valence electrons. The first-order valence-electron chi connectivity index (χ1n) is 9.80. The Morgan fingerprint density at radius 2 is 2.00 bits per heavy atom. The number of carbonyl (C=O) groups excluding carboxylic acids is 2. The Kier molecular flexibility index (Phi) is 7.44. The van der Waals surface area contributed by atoms with Gasteiger partial charge in [-0.3, -0.25) is 20.4 Å². The van der Waals surface area contributed by atoms with Crippen molar-refractivity contribution in [3.63, 3.8) is 0 Å². The van der Waals surface area contributed by atoms with Crippen LogP contribution in [0.3, 0.4) is 0 Å². The van der Waals surface area contributed by atoms with E-state index in [0.29, 0.717) is 32.6 Å². The lowest BCUT2D eigenvalue weighted by molar-refractivity contribution is -0.126. The van der Waals surface area contributed by atoms with E-state index in [1.165, 1.54) is 15.6 Å². The van der Waals surface area contributed by atoms with Crippen LogP contribution in [-0.4, -0.2) is 74.2 Å². The van der Waals surface area contributed by atoms with E-state index < -0.39 is 27.9 Å². The van der Waals surface area contributed by atoms with Crippen molar-refractivity contribution in [3.8, 4) is 0 Å². The number of sulfonamides is 1. The summed E-state index contributed by atoms with van der Waals surface area (Å²) in [5.74, 6) is -1.05. The second-order valence-corrected chi connectivity index (χ2v) is 9.87. The fourth-order valence-electron chi connectivity index (χ4n) is 3.41. The molecule has 0 spiro atoms. The van der Waals surface area contributed by atoms with Crippen LogP contribution >= 0.6 is 11.3 Å². The fourth-order valence-corrected chi connectivity index (χ4v) is 6.02. The first-order valence-corrected chi connectivity index (χ1v) is 12.3. The Morgan fingerprint density at radius 1 is 1.24 bits per heavy atom. The average Bonchev–Trinajstić information content (AvgIpc) is 3.23. The molecule has 2 aliphatic rings. The summed E-state index contributed by atoms with van der Waals surface area (Å²) in [6.07, 6.45) is 2.41. The van der Waals surface area contributed by atoms with E-state index in [9.17, 15) is 18.0 Å². The number of anilines is 1. The molecule has 2 saturated heterocycles. The Bertz CT molecular complexity index is 822. The third kappa shape index (κ3) is 5.44. The van der Waals surface area contributed by atoms with Gasteiger partial charge in [0.1, 0.15) is 11.7 Å². The van der Waals surface area contributed by atoms with E-state index in [4.69, 9.17) is 4.74 Å². The SMILES string of the molecule is CCCS(=O)(=O)N1CCCCC1C(=O)NNC(=O)c1csc(N2CCOCC2)n1. The number of carbonyl (C=O) groups is 2. The molecule has 2 amide bonds. The van der Waals surface area contributed by atoms with Crippen molar-refractivity contribution < 1.29 is 22.7 Å². The molecule has 0 aliphatic carbocycles. The zero-order valence-corrected chi connectivity index (χ0v) is 18.1. The topological polar surface area (TPSA) is 121 Å². The summed E-state index contributed by atoms with van der Waals surface area (Å²) in [7, 11) is -3.49. The minimum atomic E-state index is -3.49. The maximum absolute atomic E-state index is 12.6. The van der Waals surface area contributed by atoms with Crippen LogP contribution in [0.1, 0.15) is 43.1 Å². The highest BCUT2D eigenvalue weighted by Gasteiger charge is 2.36. The maximum atomic E-state index is 12.6. The zero-order valence-electron chi connectivity index (χ0n) is 16.4. The normalized spacial score (nSPS) is 21.0. The molecule has 0 radical (unpaired) electrons. The Morgan fingerprint density at radius 3 is 2.72 bits per heavy atom. The van der Waals surface area contributed by atoms with Crippen molar-refractivity contribution in [2.75, 3.05) is 43.5 Å². The standard InChI is InChI=1S/C17H27N5O5S2/c1-2-11-29(25,26)22-6-4-3-5-14(22)16(24)20-19-15(23)13-12-28-17(18-13)21-7-9-27-10-8-21/h12,14H,2-11H2,1H3,(H,19,23)(H,20,24). The van der Waals surface area contributed by atoms with Gasteiger partial charge in [-0.1, -0.05) is 13.3 Å². The lowest BCUT2D eigenvalue weighted by Gasteiger charge is -2.33. The molecule has 0 aromatic carbocycles. The van der Waals surface area contributed by atoms with Crippen molar-refractivity contribution in [1.82, 2.24) is 20.1 Å². The number of thiazole rings is 1. The molecule has 2 aliphatic heterocycles. The van der Waals surface area contributed by atoms with Gasteiger partial charge in [-0.05, 0) is 19.3 Å². The maximum Gasteiger partial charge on any atom is 0.289 e. The molecule has 10 nitrogen and oxygen atoms in total. The predicted molar refractivity (Wildman–Crippen MR) is 109 cm³/mol. The van der Waals surface area contributed by atoms with E-state index >= 15 is 0 Å². The van der Waals surface area contributed by atoms with Crippen LogP contribution < -0.4 is 15.8 Å². The molecule has 3 rings (SSSR count). The van der Waals surface area contributed by atoms with E-state index in [1.54, 1.807) is 12.3 Å². The van der Waals surface area contributed by atoms with Gasteiger partial charge in [0.2, 0.25) is 10.0 Å². The van der Waals surface area contributed by atoms with Gasteiger partial charge in [0.05, 0.1) is 19.0 Å². The van der Waals surface area contributed by atoms with Gasteiger partial charge in [-0.25, -0.2) is 13.4 Å². The number of hydrogen-bond donors (Lipinski definition) is 2. The predicted octanol–water partition coefficient (Wildman–Crippen LogP) is 0.335. The Balaban J connectivity index is 1.57. The van der Waals surface area contributed by atoms with Gasteiger partial charge >= 0.3 is 0 Å². The zero-order chi connectivity index (χ0) is 20.9. The summed E-state index contributed by atoms with van der Waals surface area (Å²) in [5.41, 5.74) is 4.93. The Labute approximate surface area is 174 Å². The third-order valence-corrected chi connectivity index (χ3v) is 7.86. The molecule has 3 heterocycles. The summed E-state index contributed by atoms with van der Waals surface area (Å²) in [6, 6.07) is -0.806. The monoisotopic (exact) mass is 445 g/mol. The molecule has 0 bridgehead atoms. The fraction of sp³-hybridized carbons (Fsp3) is 0.706. The van der Waals surface area contributed by atoms with Crippen molar-refractivity contribution in [3.05, 3.63) is 11.1 Å². The number of rotatable bonds is 6. The van der Waals surface area contributed by atoms with Crippen LogP contribution in [0.2, 0.25) is 0 Å². The van der Waals surface area contributed by atoms with Crippen molar-refractivity contribution in [2.24, 2.45) is 0 Å². The number of piperidine rings is 1. The van der Waals surface area contributed by atoms with Gasteiger partial charge in [0, 0.05) is 25.0 Å². The van der Waals surface area contributed by atoms with Crippen molar-refractivity contribution in [2.45, 2.75) is 38.6 Å². The number of morpholine rings is 1. The van der Waals surface area contributed by atoms with Gasteiger partial charge < -0.3 is 9.64 Å². The van der Waals surface area contributed by atoms with Crippen LogP contribution in [0.4, 0.5) is 5.13 Å². The molecule has 0 saturated carbocycles. The highest BCUT2D eigenvalue weighted by molar-refractivity contribution is 7.89. The molecule has 1 unspecified atom stereocenters. The summed E-state index contributed by atoms with van der Waals surface area (Å²) >= 11 is 1.35. The summed E-state index contributed by atoms with van der Waals surface area (Å²) < 4.78 is 31.5. The quantitative estimate of drug-likeness (QED) is 0.606. The van der Waals surface area contributed by atoms with Crippen LogP contribution in [-0.2, 0) is 19.6 Å². The third-order valence-electron chi connectivity index (χ3n) is 4.88. The molecule has 2 fully saturated rings. The highest BCUT2D eigenvalue weighted by Crippen LogP contribution is 2.22. The smallest absolute Gasteiger partial charge is 0.289 e. The molecule has 12 heteroatoms. The molecule has 1 atom stereocenters. The molecule has 1 aromatic rings. The number of amides is 2. The van der Waals surface area contributed by atoms with Gasteiger partial charge in [0.25, 0.3) is 11.8 Å². The minimum absolute atomic E-state index is 0.00623. The van der Waals surface area contributed by atoms with Crippen molar-refractivity contribution >= 4 is 38.3 Å². The lowest BCUT2D eigenvalue weighted by atomic mass is 10.0. The highest BCUT2D eigenvalue weighted by atomic mass is 32.2. The first-order chi connectivity index (χ1) is 13.9. The number of hydrogen-bond acceptors (Lipinski definition) is 8. The lowest BCUT2D eigenvalue weighted by Crippen LogP contribution is -2.55. The number of ether oxygens (including phenoxy) is 1. The second kappa shape index (κ2) is 9.83. The largest absolute Gasteiger partial charge is 0.378 e. The summed E-state index contributed by atoms with van der Waals surface area (Å²) in [4.78, 5) is 31.3. The number of aromatic nitrogens is 1. The Hall–Kier alpha value is -1.76. The molecule has 2 N–H and O–H groups in total. The molecular formula is C17H27N5O5S2. The number of hydrazine groups is 1. The van der Waals surface area contributed by atoms with Gasteiger partial charge in [0.15, 0.2) is 5.13 Å². The van der Waals surface area contributed by atoms with E-state index in [1.807, 2.05) is 4.90 Å². The van der Waals surface area contributed by atoms with Gasteiger partial charge in [-0.2, -0.15) is 4.31 Å². The van der Waals surface area contributed by atoms with Crippen LogP contribution in [0.25, 0.3) is 0 Å². The van der Waals surface area contributed by atoms with E-state index in [2.05, 4.69) is 15.8 Å². The number of nitrogens with one attached hydrogen (secondary N) is 2.